The van der Waals surface area contributed by atoms with Crippen molar-refractivity contribution in [1.29, 1.82) is 0 Å². The SMILES string of the molecule is Cc1c(Br)c2ccccc2n1CC(=O)NCC#Cc1ccccc1. The minimum absolute atomic E-state index is 0.0475. The van der Waals surface area contributed by atoms with Crippen LogP contribution in [0.2, 0.25) is 0 Å². The third kappa shape index (κ3) is 3.52. The number of amides is 1. The maximum absolute atomic E-state index is 12.2. The number of carbonyl (C=O) groups is 1. The molecular weight excluding hydrogens is 364 g/mol. The molecule has 1 aromatic heterocycles. The van der Waals surface area contributed by atoms with Crippen LogP contribution in [0, 0.1) is 18.8 Å². The Kier molecular flexibility index (Phi) is 5.02. The van der Waals surface area contributed by atoms with Crippen molar-refractivity contribution >= 4 is 32.7 Å². The van der Waals surface area contributed by atoms with E-state index in [9.17, 15) is 4.79 Å². The Labute approximate surface area is 149 Å². The first-order valence-corrected chi connectivity index (χ1v) is 8.50. The van der Waals surface area contributed by atoms with Crippen LogP contribution in [0.1, 0.15) is 11.3 Å². The van der Waals surface area contributed by atoms with Gasteiger partial charge >= 0.3 is 0 Å². The lowest BCUT2D eigenvalue weighted by Crippen LogP contribution is -2.28. The van der Waals surface area contributed by atoms with Gasteiger partial charge in [0.05, 0.1) is 6.54 Å². The van der Waals surface area contributed by atoms with E-state index in [1.807, 2.05) is 66.1 Å². The molecule has 3 rings (SSSR count). The van der Waals surface area contributed by atoms with Crippen molar-refractivity contribution in [1.82, 2.24) is 9.88 Å². The molecule has 0 fully saturated rings. The number of para-hydroxylation sites is 1. The molecule has 1 N–H and O–H groups in total. The van der Waals surface area contributed by atoms with Crippen LogP contribution in [0.5, 0.6) is 0 Å². The highest BCUT2D eigenvalue weighted by Crippen LogP contribution is 2.30. The van der Waals surface area contributed by atoms with Gasteiger partial charge in [0.2, 0.25) is 5.91 Å². The molecule has 2 aromatic carbocycles. The zero-order chi connectivity index (χ0) is 16.9. The molecule has 0 atom stereocenters. The summed E-state index contributed by atoms with van der Waals surface area (Å²) in [5.41, 5.74) is 3.04. The average molecular weight is 381 g/mol. The van der Waals surface area contributed by atoms with Crippen molar-refractivity contribution in [2.75, 3.05) is 6.54 Å². The predicted molar refractivity (Wildman–Crippen MR) is 101 cm³/mol. The van der Waals surface area contributed by atoms with E-state index in [4.69, 9.17) is 0 Å². The molecule has 0 bridgehead atoms. The molecule has 0 radical (unpaired) electrons. The molecular formula is C20H17BrN2O. The molecule has 4 heteroatoms. The number of hydrogen-bond acceptors (Lipinski definition) is 1. The molecule has 0 saturated heterocycles. The third-order valence-corrected chi connectivity index (χ3v) is 4.84. The maximum atomic E-state index is 12.2. The summed E-state index contributed by atoms with van der Waals surface area (Å²) in [7, 11) is 0. The number of hydrogen-bond donors (Lipinski definition) is 1. The number of halogens is 1. The fourth-order valence-electron chi connectivity index (χ4n) is 2.60. The quantitative estimate of drug-likeness (QED) is 0.687. The Morgan fingerprint density at radius 2 is 1.83 bits per heavy atom. The van der Waals surface area contributed by atoms with Gasteiger partial charge in [0.15, 0.2) is 0 Å². The Hall–Kier alpha value is -2.51. The van der Waals surface area contributed by atoms with Gasteiger partial charge in [-0.05, 0) is 41.1 Å². The van der Waals surface area contributed by atoms with Gasteiger partial charge in [0, 0.05) is 26.6 Å². The minimum atomic E-state index is -0.0475. The van der Waals surface area contributed by atoms with E-state index >= 15 is 0 Å². The minimum Gasteiger partial charge on any atom is -0.344 e. The zero-order valence-corrected chi connectivity index (χ0v) is 14.9. The van der Waals surface area contributed by atoms with Gasteiger partial charge < -0.3 is 9.88 Å². The molecule has 0 unspecified atom stereocenters. The Morgan fingerprint density at radius 3 is 2.62 bits per heavy atom. The smallest absolute Gasteiger partial charge is 0.240 e. The molecule has 24 heavy (non-hydrogen) atoms. The van der Waals surface area contributed by atoms with Crippen LogP contribution < -0.4 is 5.32 Å². The first-order valence-electron chi connectivity index (χ1n) is 7.71. The second-order valence-electron chi connectivity index (χ2n) is 5.45. The van der Waals surface area contributed by atoms with Gasteiger partial charge in [0.25, 0.3) is 0 Å². The van der Waals surface area contributed by atoms with Crippen LogP contribution in [-0.2, 0) is 11.3 Å². The van der Waals surface area contributed by atoms with Gasteiger partial charge in [-0.3, -0.25) is 4.79 Å². The lowest BCUT2D eigenvalue weighted by atomic mass is 10.2. The van der Waals surface area contributed by atoms with Crippen LogP contribution in [0.4, 0.5) is 0 Å². The first kappa shape index (κ1) is 16.4. The van der Waals surface area contributed by atoms with Crippen LogP contribution >= 0.6 is 15.9 Å². The molecule has 0 aliphatic heterocycles. The summed E-state index contributed by atoms with van der Waals surface area (Å²) in [4.78, 5) is 12.2. The number of rotatable bonds is 3. The highest BCUT2D eigenvalue weighted by atomic mass is 79.9. The van der Waals surface area contributed by atoms with Crippen LogP contribution in [0.15, 0.2) is 59.1 Å². The summed E-state index contributed by atoms with van der Waals surface area (Å²) >= 11 is 3.61. The molecule has 3 aromatic rings. The van der Waals surface area contributed by atoms with E-state index in [0.29, 0.717) is 6.54 Å². The lowest BCUT2D eigenvalue weighted by molar-refractivity contribution is -0.121. The molecule has 1 amide bonds. The van der Waals surface area contributed by atoms with E-state index < -0.39 is 0 Å². The summed E-state index contributed by atoms with van der Waals surface area (Å²) in [6.07, 6.45) is 0. The number of benzene rings is 2. The van der Waals surface area contributed by atoms with Gasteiger partial charge in [-0.1, -0.05) is 48.2 Å². The maximum Gasteiger partial charge on any atom is 0.240 e. The highest BCUT2D eigenvalue weighted by Gasteiger charge is 2.13. The van der Waals surface area contributed by atoms with Crippen molar-refractivity contribution in [3.05, 3.63) is 70.3 Å². The summed E-state index contributed by atoms with van der Waals surface area (Å²) in [5, 5.41) is 3.97. The average Bonchev–Trinajstić information content (AvgIpc) is 2.85. The number of carbonyl (C=O) groups excluding carboxylic acids is 1. The van der Waals surface area contributed by atoms with E-state index in [1.54, 1.807) is 0 Å². The largest absolute Gasteiger partial charge is 0.344 e. The van der Waals surface area contributed by atoms with Gasteiger partial charge in [0.1, 0.15) is 6.54 Å². The topological polar surface area (TPSA) is 34.0 Å². The van der Waals surface area contributed by atoms with Crippen molar-refractivity contribution in [3.8, 4) is 11.8 Å². The second kappa shape index (κ2) is 7.37. The first-order chi connectivity index (χ1) is 11.7. The van der Waals surface area contributed by atoms with E-state index in [1.165, 1.54) is 0 Å². The number of nitrogens with zero attached hydrogens (tertiary/aromatic N) is 1. The van der Waals surface area contributed by atoms with E-state index in [-0.39, 0.29) is 12.5 Å². The molecule has 0 aliphatic rings. The standard InChI is InChI=1S/C20H17BrN2O/c1-15-20(21)17-11-5-6-12-18(17)23(15)14-19(24)22-13-7-10-16-8-3-2-4-9-16/h2-6,8-9,11-12H,13-14H2,1H3,(H,22,24). The molecule has 0 saturated carbocycles. The predicted octanol–water partition coefficient (Wildman–Crippen LogP) is 3.88. The van der Waals surface area contributed by atoms with Gasteiger partial charge in [-0.2, -0.15) is 0 Å². The fraction of sp³-hybridized carbons (Fsp3) is 0.150. The lowest BCUT2D eigenvalue weighted by Gasteiger charge is -2.07. The molecule has 120 valence electrons. The fourth-order valence-corrected chi connectivity index (χ4v) is 3.15. The van der Waals surface area contributed by atoms with Gasteiger partial charge in [-0.25, -0.2) is 0 Å². The Morgan fingerprint density at radius 1 is 1.12 bits per heavy atom. The Bertz CT molecular complexity index is 933. The monoisotopic (exact) mass is 380 g/mol. The van der Waals surface area contributed by atoms with Crippen LogP contribution in [0.25, 0.3) is 10.9 Å². The van der Waals surface area contributed by atoms with Gasteiger partial charge in [-0.15, -0.1) is 0 Å². The summed E-state index contributed by atoms with van der Waals surface area (Å²) < 4.78 is 3.05. The number of fused-ring (bicyclic) bond motifs is 1. The zero-order valence-electron chi connectivity index (χ0n) is 13.3. The summed E-state index contributed by atoms with van der Waals surface area (Å²) in [6, 6.07) is 17.8. The summed E-state index contributed by atoms with van der Waals surface area (Å²) in [5.74, 6) is 5.96. The Balaban J connectivity index is 1.66. The molecule has 1 heterocycles. The highest BCUT2D eigenvalue weighted by molar-refractivity contribution is 9.10. The molecule has 0 spiro atoms. The van der Waals surface area contributed by atoms with E-state index in [0.717, 1.165) is 26.6 Å². The van der Waals surface area contributed by atoms with Crippen molar-refractivity contribution < 1.29 is 4.79 Å². The van der Waals surface area contributed by atoms with Crippen LogP contribution in [0.3, 0.4) is 0 Å². The summed E-state index contributed by atoms with van der Waals surface area (Å²) in [6.45, 7) is 2.63. The van der Waals surface area contributed by atoms with Crippen molar-refractivity contribution in [2.45, 2.75) is 13.5 Å². The van der Waals surface area contributed by atoms with E-state index in [2.05, 4.69) is 33.1 Å². The van der Waals surface area contributed by atoms with Crippen molar-refractivity contribution in [3.63, 3.8) is 0 Å². The van der Waals surface area contributed by atoms with Crippen LogP contribution in [-0.4, -0.2) is 17.0 Å². The van der Waals surface area contributed by atoms with Crippen molar-refractivity contribution in [2.24, 2.45) is 0 Å². The molecule has 0 aliphatic carbocycles. The molecule has 3 nitrogen and oxygen atoms in total. The number of aromatic nitrogens is 1. The normalized spacial score (nSPS) is 10.2. The third-order valence-electron chi connectivity index (χ3n) is 3.84. The number of nitrogens with one attached hydrogen (secondary N) is 1. The second-order valence-corrected chi connectivity index (χ2v) is 6.24.